The third-order valence-electron chi connectivity index (χ3n) is 2.85. The van der Waals surface area contributed by atoms with Crippen molar-refractivity contribution in [3.05, 3.63) is 30.3 Å². The number of hydrogen-bond donors (Lipinski definition) is 2. The van der Waals surface area contributed by atoms with Gasteiger partial charge in [-0.3, -0.25) is 0 Å². The van der Waals surface area contributed by atoms with E-state index in [-0.39, 0.29) is 0 Å². The van der Waals surface area contributed by atoms with Crippen LogP contribution in [0.2, 0.25) is 0 Å². The average molecular weight is 238 g/mol. The second-order valence-corrected chi connectivity index (χ2v) is 4.93. The van der Waals surface area contributed by atoms with Gasteiger partial charge in [-0.1, -0.05) is 18.2 Å². The van der Waals surface area contributed by atoms with E-state index in [4.69, 9.17) is 9.31 Å². The fourth-order valence-electron chi connectivity index (χ4n) is 1.04. The van der Waals surface area contributed by atoms with E-state index in [1.165, 1.54) is 0 Å². The van der Waals surface area contributed by atoms with Crippen molar-refractivity contribution in [3.8, 4) is 5.75 Å². The molecule has 0 radical (unpaired) electrons. The van der Waals surface area contributed by atoms with Crippen LogP contribution in [-0.2, 0) is 4.65 Å². The quantitative estimate of drug-likeness (QED) is 0.765. The van der Waals surface area contributed by atoms with Gasteiger partial charge in [0.1, 0.15) is 5.75 Å². The molecule has 0 bridgehead atoms. The zero-order valence-corrected chi connectivity index (χ0v) is 10.7. The third-order valence-corrected chi connectivity index (χ3v) is 2.85. The van der Waals surface area contributed by atoms with Crippen LogP contribution in [0.1, 0.15) is 27.7 Å². The van der Waals surface area contributed by atoms with Gasteiger partial charge in [-0.05, 0) is 39.8 Å². The van der Waals surface area contributed by atoms with Gasteiger partial charge >= 0.3 is 7.32 Å². The Labute approximate surface area is 102 Å². The smallest absolute Gasteiger partial charge is 0.512 e. The summed E-state index contributed by atoms with van der Waals surface area (Å²) >= 11 is 0. The molecule has 2 N–H and O–H groups in total. The van der Waals surface area contributed by atoms with E-state index >= 15 is 0 Å². The second kappa shape index (κ2) is 5.08. The molecule has 1 aromatic rings. The Hall–Kier alpha value is -1.04. The average Bonchev–Trinajstić information content (AvgIpc) is 2.16. The number of benzene rings is 1. The van der Waals surface area contributed by atoms with Crippen LogP contribution in [0.4, 0.5) is 0 Å². The molecule has 0 amide bonds. The minimum absolute atomic E-state index is 0.506. The summed E-state index contributed by atoms with van der Waals surface area (Å²) in [6.07, 6.45) is 0. The van der Waals surface area contributed by atoms with E-state index in [2.05, 4.69) is 0 Å². The lowest BCUT2D eigenvalue weighted by molar-refractivity contribution is -0.108. The summed E-state index contributed by atoms with van der Waals surface area (Å²) in [5.41, 5.74) is -2.02. The molecule has 0 aliphatic heterocycles. The van der Waals surface area contributed by atoms with Crippen LogP contribution in [0.5, 0.6) is 5.75 Å². The zero-order valence-electron chi connectivity index (χ0n) is 10.7. The van der Waals surface area contributed by atoms with E-state index in [9.17, 15) is 10.1 Å². The maximum Gasteiger partial charge on any atom is 0.710 e. The SMILES string of the molecule is CC(C)(O)C(C)(C)OB(O)Oc1ccccc1. The fourth-order valence-corrected chi connectivity index (χ4v) is 1.04. The Kier molecular flexibility index (Phi) is 4.19. The Morgan fingerprint density at radius 1 is 1.06 bits per heavy atom. The van der Waals surface area contributed by atoms with Crippen molar-refractivity contribution in [3.63, 3.8) is 0 Å². The first kappa shape index (κ1) is 14.0. The number of aliphatic hydroxyl groups is 1. The summed E-state index contributed by atoms with van der Waals surface area (Å²) in [6.45, 7) is 6.60. The molecule has 0 saturated heterocycles. The van der Waals surface area contributed by atoms with Crippen LogP contribution in [0, 0.1) is 0 Å². The monoisotopic (exact) mass is 238 g/mol. The van der Waals surface area contributed by atoms with Crippen LogP contribution in [0.15, 0.2) is 30.3 Å². The molecule has 0 atom stereocenters. The van der Waals surface area contributed by atoms with Crippen LogP contribution in [-0.4, -0.2) is 28.7 Å². The summed E-state index contributed by atoms with van der Waals surface area (Å²) in [5.74, 6) is 0.506. The highest BCUT2D eigenvalue weighted by atomic mass is 16.7. The maximum absolute atomic E-state index is 9.87. The molecule has 1 rings (SSSR count). The molecule has 17 heavy (non-hydrogen) atoms. The first-order valence-corrected chi connectivity index (χ1v) is 5.52. The topological polar surface area (TPSA) is 58.9 Å². The molecular weight excluding hydrogens is 219 g/mol. The standard InChI is InChI=1S/C12H19BO4/c1-11(2,14)12(3,4)17-13(15)16-10-8-6-5-7-9-10/h5-9,14-15H,1-4H3. The zero-order chi connectivity index (χ0) is 13.1. The highest BCUT2D eigenvalue weighted by Crippen LogP contribution is 2.25. The van der Waals surface area contributed by atoms with E-state index in [0.717, 1.165) is 0 Å². The number of para-hydroxylation sites is 1. The molecular formula is C12H19BO4. The molecule has 0 heterocycles. The van der Waals surface area contributed by atoms with Crippen molar-refractivity contribution in [1.82, 2.24) is 0 Å². The fraction of sp³-hybridized carbons (Fsp3) is 0.500. The molecule has 4 nitrogen and oxygen atoms in total. The van der Waals surface area contributed by atoms with Gasteiger partial charge in [0.05, 0.1) is 11.2 Å². The minimum atomic E-state index is -1.42. The van der Waals surface area contributed by atoms with Gasteiger partial charge in [0.25, 0.3) is 0 Å². The first-order valence-electron chi connectivity index (χ1n) is 5.52. The van der Waals surface area contributed by atoms with Crippen molar-refractivity contribution in [2.24, 2.45) is 0 Å². The molecule has 0 unspecified atom stereocenters. The molecule has 94 valence electrons. The molecule has 0 aromatic heterocycles. The predicted octanol–water partition coefficient (Wildman–Crippen LogP) is 1.61. The van der Waals surface area contributed by atoms with E-state index in [0.29, 0.717) is 5.75 Å². The van der Waals surface area contributed by atoms with Crippen molar-refractivity contribution >= 4 is 7.32 Å². The number of hydrogen-bond acceptors (Lipinski definition) is 4. The summed E-state index contributed by atoms with van der Waals surface area (Å²) in [5, 5.41) is 19.5. The molecule has 1 aromatic carbocycles. The highest BCUT2D eigenvalue weighted by molar-refractivity contribution is 6.35. The summed E-state index contributed by atoms with van der Waals surface area (Å²) in [6, 6.07) is 8.86. The van der Waals surface area contributed by atoms with Gasteiger partial charge in [-0.25, -0.2) is 0 Å². The molecule has 0 spiro atoms. The van der Waals surface area contributed by atoms with Crippen LogP contribution < -0.4 is 4.65 Å². The lowest BCUT2D eigenvalue weighted by Crippen LogP contribution is -2.51. The van der Waals surface area contributed by atoms with Crippen molar-refractivity contribution in [2.75, 3.05) is 0 Å². The van der Waals surface area contributed by atoms with Crippen LogP contribution in [0.25, 0.3) is 0 Å². The van der Waals surface area contributed by atoms with E-state index < -0.39 is 18.5 Å². The van der Waals surface area contributed by atoms with Gasteiger partial charge in [0, 0.05) is 0 Å². The Morgan fingerprint density at radius 3 is 2.06 bits per heavy atom. The Balaban J connectivity index is 2.59. The van der Waals surface area contributed by atoms with E-state index in [1.54, 1.807) is 52.0 Å². The number of rotatable bonds is 5. The second-order valence-electron chi connectivity index (χ2n) is 4.93. The Bertz CT molecular complexity index is 345. The van der Waals surface area contributed by atoms with Gasteiger partial charge in [0.15, 0.2) is 0 Å². The molecule has 0 aliphatic rings. The van der Waals surface area contributed by atoms with Gasteiger partial charge < -0.3 is 19.4 Å². The largest absolute Gasteiger partial charge is 0.710 e. The van der Waals surface area contributed by atoms with Crippen LogP contribution in [0.3, 0.4) is 0 Å². The first-order chi connectivity index (χ1) is 7.72. The van der Waals surface area contributed by atoms with Crippen molar-refractivity contribution < 1.29 is 19.4 Å². The molecule has 0 aliphatic carbocycles. The third kappa shape index (κ3) is 4.04. The summed E-state index contributed by atoms with van der Waals surface area (Å²) in [7, 11) is -1.42. The van der Waals surface area contributed by atoms with Gasteiger partial charge in [-0.2, -0.15) is 0 Å². The maximum atomic E-state index is 9.87. The molecule has 0 fully saturated rings. The molecule has 5 heteroatoms. The minimum Gasteiger partial charge on any atom is -0.512 e. The normalized spacial score (nSPS) is 12.4. The van der Waals surface area contributed by atoms with Crippen LogP contribution >= 0.6 is 0 Å². The molecule has 0 saturated carbocycles. The predicted molar refractivity (Wildman–Crippen MR) is 66.5 cm³/mol. The summed E-state index contributed by atoms with van der Waals surface area (Å²) < 4.78 is 10.5. The lowest BCUT2D eigenvalue weighted by atomic mass is 9.88. The highest BCUT2D eigenvalue weighted by Gasteiger charge is 2.40. The Morgan fingerprint density at radius 2 is 1.59 bits per heavy atom. The van der Waals surface area contributed by atoms with E-state index in [1.807, 2.05) is 6.07 Å². The summed E-state index contributed by atoms with van der Waals surface area (Å²) in [4.78, 5) is 0. The lowest BCUT2D eigenvalue weighted by Gasteiger charge is -2.37. The van der Waals surface area contributed by atoms with Gasteiger partial charge in [-0.15, -0.1) is 0 Å². The van der Waals surface area contributed by atoms with Gasteiger partial charge in [0.2, 0.25) is 0 Å². The van der Waals surface area contributed by atoms with Crippen molar-refractivity contribution in [2.45, 2.75) is 38.9 Å². The van der Waals surface area contributed by atoms with Crippen molar-refractivity contribution in [1.29, 1.82) is 0 Å².